The lowest BCUT2D eigenvalue weighted by Gasteiger charge is -2.22. The summed E-state index contributed by atoms with van der Waals surface area (Å²) >= 11 is 0. The number of amides is 3. The lowest BCUT2D eigenvalue weighted by molar-refractivity contribution is -0.119. The van der Waals surface area contributed by atoms with Gasteiger partial charge in [0, 0.05) is 11.8 Å². The van der Waals surface area contributed by atoms with Gasteiger partial charge in [-0.15, -0.1) is 0 Å². The van der Waals surface area contributed by atoms with Crippen molar-refractivity contribution >= 4 is 29.1 Å². The first-order valence-electron chi connectivity index (χ1n) is 7.65. The number of methoxy groups -OCH3 is 1. The number of ether oxygens (including phenoxy) is 1. The summed E-state index contributed by atoms with van der Waals surface area (Å²) in [5.41, 5.74) is 7.19. The number of hydrogen-bond donors (Lipinski definition) is 2. The van der Waals surface area contributed by atoms with Crippen LogP contribution in [0, 0.1) is 0 Å². The minimum absolute atomic E-state index is 0.303. The van der Waals surface area contributed by atoms with E-state index in [9.17, 15) is 14.4 Å². The second-order valence-corrected chi connectivity index (χ2v) is 5.65. The van der Waals surface area contributed by atoms with Gasteiger partial charge in [0.1, 0.15) is 11.8 Å². The molecule has 0 fully saturated rings. The molecule has 0 aliphatic carbocycles. The quantitative estimate of drug-likeness (QED) is 0.654. The molecule has 1 aliphatic heterocycles. The van der Waals surface area contributed by atoms with Crippen LogP contribution in [0.25, 0.3) is 0 Å². The van der Waals surface area contributed by atoms with E-state index in [0.717, 1.165) is 4.90 Å². The summed E-state index contributed by atoms with van der Waals surface area (Å²) in [4.78, 5) is 38.4. The Kier molecular flexibility index (Phi) is 4.14. The van der Waals surface area contributed by atoms with Crippen molar-refractivity contribution in [1.29, 1.82) is 0 Å². The van der Waals surface area contributed by atoms with Crippen LogP contribution < -0.4 is 15.8 Å². The molecule has 25 heavy (non-hydrogen) atoms. The Balaban J connectivity index is 1.82. The van der Waals surface area contributed by atoms with Gasteiger partial charge in [0.2, 0.25) is 5.91 Å². The average molecular weight is 339 g/mol. The van der Waals surface area contributed by atoms with Gasteiger partial charge in [-0.25, -0.2) is 0 Å². The third-order valence-electron chi connectivity index (χ3n) is 4.08. The van der Waals surface area contributed by atoms with Crippen molar-refractivity contribution in [2.45, 2.75) is 13.0 Å². The SMILES string of the molecule is COc1cc(N)ccc1NC(=O)C(C)N1C(=O)c2ccccc2C1=O. The Labute approximate surface area is 144 Å². The van der Waals surface area contributed by atoms with Gasteiger partial charge in [0.25, 0.3) is 11.8 Å². The molecule has 0 bridgehead atoms. The van der Waals surface area contributed by atoms with E-state index in [1.165, 1.54) is 14.0 Å². The molecule has 0 spiro atoms. The highest BCUT2D eigenvalue weighted by Gasteiger charge is 2.40. The second kappa shape index (κ2) is 6.27. The zero-order chi connectivity index (χ0) is 18.1. The molecule has 1 unspecified atom stereocenters. The number of nitrogens with one attached hydrogen (secondary N) is 1. The summed E-state index contributed by atoms with van der Waals surface area (Å²) in [7, 11) is 1.46. The summed E-state index contributed by atoms with van der Waals surface area (Å²) in [5.74, 6) is -1.07. The summed E-state index contributed by atoms with van der Waals surface area (Å²) < 4.78 is 5.18. The number of hydrogen-bond acceptors (Lipinski definition) is 5. The van der Waals surface area contributed by atoms with Crippen molar-refractivity contribution in [3.63, 3.8) is 0 Å². The molecule has 3 amide bonds. The Morgan fingerprint density at radius 3 is 2.28 bits per heavy atom. The Hall–Kier alpha value is -3.35. The summed E-state index contributed by atoms with van der Waals surface area (Å²) in [6, 6.07) is 10.3. The minimum Gasteiger partial charge on any atom is -0.494 e. The molecular weight excluding hydrogens is 322 g/mol. The standard InChI is InChI=1S/C18H17N3O4/c1-10(16(22)20-14-8-7-11(19)9-15(14)25-2)21-17(23)12-5-3-4-6-13(12)18(21)24/h3-10H,19H2,1-2H3,(H,20,22). The smallest absolute Gasteiger partial charge is 0.262 e. The number of carbonyl (C=O) groups excluding carboxylic acids is 3. The fourth-order valence-corrected chi connectivity index (χ4v) is 2.73. The number of nitrogens with two attached hydrogens (primary N) is 1. The predicted octanol–water partition coefficient (Wildman–Crippen LogP) is 1.90. The van der Waals surface area contributed by atoms with Crippen molar-refractivity contribution in [1.82, 2.24) is 4.90 Å². The van der Waals surface area contributed by atoms with E-state index < -0.39 is 23.8 Å². The maximum atomic E-state index is 12.6. The van der Waals surface area contributed by atoms with Gasteiger partial charge in [-0.2, -0.15) is 0 Å². The number of carbonyl (C=O) groups is 3. The van der Waals surface area contributed by atoms with Crippen LogP contribution in [0.3, 0.4) is 0 Å². The van der Waals surface area contributed by atoms with Crippen LogP contribution in [-0.4, -0.2) is 35.8 Å². The van der Waals surface area contributed by atoms with E-state index in [4.69, 9.17) is 10.5 Å². The largest absolute Gasteiger partial charge is 0.494 e. The van der Waals surface area contributed by atoms with Crippen molar-refractivity contribution in [2.75, 3.05) is 18.2 Å². The van der Waals surface area contributed by atoms with Crippen molar-refractivity contribution in [2.24, 2.45) is 0 Å². The molecule has 1 atom stereocenters. The van der Waals surface area contributed by atoms with Crippen LogP contribution in [0.15, 0.2) is 42.5 Å². The molecule has 0 saturated carbocycles. The second-order valence-electron chi connectivity index (χ2n) is 5.65. The highest BCUT2D eigenvalue weighted by Crippen LogP contribution is 2.28. The predicted molar refractivity (Wildman–Crippen MR) is 92.4 cm³/mol. The van der Waals surface area contributed by atoms with Crippen LogP contribution in [0.4, 0.5) is 11.4 Å². The molecule has 128 valence electrons. The molecule has 0 aromatic heterocycles. The maximum Gasteiger partial charge on any atom is 0.262 e. The van der Waals surface area contributed by atoms with Crippen molar-refractivity contribution < 1.29 is 19.1 Å². The third-order valence-corrected chi connectivity index (χ3v) is 4.08. The minimum atomic E-state index is -0.977. The van der Waals surface area contributed by atoms with Gasteiger partial charge in [0.15, 0.2) is 0 Å². The molecular formula is C18H17N3O4. The van der Waals surface area contributed by atoms with Crippen LogP contribution in [-0.2, 0) is 4.79 Å². The first kappa shape index (κ1) is 16.5. The molecule has 1 aliphatic rings. The maximum absolute atomic E-state index is 12.6. The lowest BCUT2D eigenvalue weighted by Crippen LogP contribution is -2.45. The molecule has 7 heteroatoms. The van der Waals surface area contributed by atoms with Crippen LogP contribution in [0.1, 0.15) is 27.6 Å². The molecule has 3 rings (SSSR count). The molecule has 1 heterocycles. The fraction of sp³-hybridized carbons (Fsp3) is 0.167. The Bertz CT molecular complexity index is 843. The van der Waals surface area contributed by atoms with E-state index >= 15 is 0 Å². The number of fused-ring (bicyclic) bond motifs is 1. The summed E-state index contributed by atoms with van der Waals surface area (Å²) in [6.45, 7) is 1.50. The van der Waals surface area contributed by atoms with Gasteiger partial charge in [0.05, 0.1) is 23.9 Å². The zero-order valence-electron chi connectivity index (χ0n) is 13.8. The number of nitrogens with zero attached hydrogens (tertiary/aromatic N) is 1. The van der Waals surface area contributed by atoms with Gasteiger partial charge >= 0.3 is 0 Å². The molecule has 7 nitrogen and oxygen atoms in total. The average Bonchev–Trinajstić information content (AvgIpc) is 2.87. The van der Waals surface area contributed by atoms with Gasteiger partial charge in [-0.3, -0.25) is 19.3 Å². The topological polar surface area (TPSA) is 102 Å². The van der Waals surface area contributed by atoms with Crippen LogP contribution in [0.2, 0.25) is 0 Å². The van der Waals surface area contributed by atoms with Gasteiger partial charge < -0.3 is 15.8 Å². The van der Waals surface area contributed by atoms with Crippen molar-refractivity contribution in [3.05, 3.63) is 53.6 Å². The van der Waals surface area contributed by atoms with E-state index in [-0.39, 0.29) is 0 Å². The van der Waals surface area contributed by atoms with E-state index in [0.29, 0.717) is 28.3 Å². The first-order valence-corrected chi connectivity index (χ1v) is 7.65. The van der Waals surface area contributed by atoms with Gasteiger partial charge in [-0.05, 0) is 31.2 Å². The Morgan fingerprint density at radius 2 is 1.72 bits per heavy atom. The number of anilines is 2. The van der Waals surface area contributed by atoms with Crippen molar-refractivity contribution in [3.8, 4) is 5.75 Å². The van der Waals surface area contributed by atoms with E-state index in [2.05, 4.69) is 5.32 Å². The fourth-order valence-electron chi connectivity index (χ4n) is 2.73. The highest BCUT2D eigenvalue weighted by molar-refractivity contribution is 6.23. The molecule has 2 aromatic carbocycles. The number of rotatable bonds is 4. The molecule has 0 radical (unpaired) electrons. The van der Waals surface area contributed by atoms with Gasteiger partial charge in [-0.1, -0.05) is 12.1 Å². The normalized spacial score (nSPS) is 14.2. The van der Waals surface area contributed by atoms with E-state index in [1.807, 2.05) is 0 Å². The summed E-state index contributed by atoms with van der Waals surface area (Å²) in [5, 5.41) is 2.67. The first-order chi connectivity index (χ1) is 11.9. The number of nitrogen functional groups attached to an aromatic ring is 1. The summed E-state index contributed by atoms with van der Waals surface area (Å²) in [6.07, 6.45) is 0. The molecule has 2 aromatic rings. The molecule has 0 saturated heterocycles. The lowest BCUT2D eigenvalue weighted by atomic mass is 10.1. The molecule has 3 N–H and O–H groups in total. The Morgan fingerprint density at radius 1 is 1.12 bits per heavy atom. The third kappa shape index (κ3) is 2.80. The highest BCUT2D eigenvalue weighted by atomic mass is 16.5. The number of imide groups is 1. The van der Waals surface area contributed by atoms with Crippen LogP contribution >= 0.6 is 0 Å². The van der Waals surface area contributed by atoms with Crippen LogP contribution in [0.5, 0.6) is 5.75 Å². The van der Waals surface area contributed by atoms with E-state index in [1.54, 1.807) is 42.5 Å². The monoisotopic (exact) mass is 339 g/mol. The zero-order valence-corrected chi connectivity index (χ0v) is 13.8. The number of benzene rings is 2.